The third-order valence-electron chi connectivity index (χ3n) is 3.50. The first kappa shape index (κ1) is 17.5. The van der Waals surface area contributed by atoms with Gasteiger partial charge in [-0.3, -0.25) is 4.79 Å². The fourth-order valence-corrected chi connectivity index (χ4v) is 2.52. The standard InChI is InChI=1S/C19H22BrNO2/c1-13-11-14(9-10-16(13)20)21-18(22)12-23-17-8-6-5-7-15(17)19(2,3)4/h5-11H,12H2,1-4H3,(H,21,22). The van der Waals surface area contributed by atoms with E-state index >= 15 is 0 Å². The lowest BCUT2D eigenvalue weighted by Crippen LogP contribution is -2.22. The van der Waals surface area contributed by atoms with E-state index in [4.69, 9.17) is 4.74 Å². The minimum atomic E-state index is -0.171. The molecule has 122 valence electrons. The number of halogens is 1. The van der Waals surface area contributed by atoms with E-state index in [0.29, 0.717) is 0 Å². The molecule has 0 spiro atoms. The van der Waals surface area contributed by atoms with Crippen molar-refractivity contribution in [3.8, 4) is 5.75 Å². The molecule has 23 heavy (non-hydrogen) atoms. The molecule has 0 saturated heterocycles. The van der Waals surface area contributed by atoms with Crippen molar-refractivity contribution in [1.82, 2.24) is 0 Å². The highest BCUT2D eigenvalue weighted by Crippen LogP contribution is 2.30. The largest absolute Gasteiger partial charge is 0.483 e. The summed E-state index contributed by atoms with van der Waals surface area (Å²) < 4.78 is 6.75. The average Bonchev–Trinajstić information content (AvgIpc) is 2.48. The summed E-state index contributed by atoms with van der Waals surface area (Å²) >= 11 is 3.45. The maximum atomic E-state index is 12.1. The number of amides is 1. The third kappa shape index (κ3) is 4.83. The summed E-state index contributed by atoms with van der Waals surface area (Å²) in [7, 11) is 0. The maximum Gasteiger partial charge on any atom is 0.262 e. The Morgan fingerprint density at radius 2 is 1.87 bits per heavy atom. The van der Waals surface area contributed by atoms with Gasteiger partial charge in [-0.1, -0.05) is 54.9 Å². The van der Waals surface area contributed by atoms with Gasteiger partial charge in [-0.25, -0.2) is 0 Å². The van der Waals surface area contributed by atoms with Crippen molar-refractivity contribution < 1.29 is 9.53 Å². The van der Waals surface area contributed by atoms with Crippen LogP contribution in [0, 0.1) is 6.92 Å². The summed E-state index contributed by atoms with van der Waals surface area (Å²) in [6, 6.07) is 13.5. The van der Waals surface area contributed by atoms with E-state index in [1.165, 1.54) is 0 Å². The summed E-state index contributed by atoms with van der Waals surface area (Å²) in [5.41, 5.74) is 2.90. The van der Waals surface area contributed by atoms with Gasteiger partial charge in [0.1, 0.15) is 5.75 Å². The zero-order valence-corrected chi connectivity index (χ0v) is 15.5. The van der Waals surface area contributed by atoms with Gasteiger partial charge in [0.2, 0.25) is 0 Å². The summed E-state index contributed by atoms with van der Waals surface area (Å²) in [4.78, 5) is 12.1. The molecule has 1 amide bonds. The first-order valence-electron chi connectivity index (χ1n) is 7.55. The molecule has 0 aromatic heterocycles. The monoisotopic (exact) mass is 375 g/mol. The van der Waals surface area contributed by atoms with E-state index in [9.17, 15) is 4.79 Å². The van der Waals surface area contributed by atoms with Crippen molar-refractivity contribution >= 4 is 27.5 Å². The van der Waals surface area contributed by atoms with Crippen LogP contribution in [-0.2, 0) is 10.2 Å². The Morgan fingerprint density at radius 3 is 2.52 bits per heavy atom. The normalized spacial score (nSPS) is 11.2. The number of anilines is 1. The molecule has 0 atom stereocenters. The van der Waals surface area contributed by atoms with Crippen molar-refractivity contribution in [2.24, 2.45) is 0 Å². The number of para-hydroxylation sites is 1. The molecule has 0 aliphatic carbocycles. The van der Waals surface area contributed by atoms with Gasteiger partial charge in [0.05, 0.1) is 0 Å². The van der Waals surface area contributed by atoms with Crippen molar-refractivity contribution in [1.29, 1.82) is 0 Å². The second kappa shape index (κ2) is 7.18. The Balaban J connectivity index is 2.01. The highest BCUT2D eigenvalue weighted by molar-refractivity contribution is 9.10. The summed E-state index contributed by atoms with van der Waals surface area (Å²) in [5, 5.41) is 2.85. The number of carbonyl (C=O) groups is 1. The highest BCUT2D eigenvalue weighted by atomic mass is 79.9. The Morgan fingerprint density at radius 1 is 1.17 bits per heavy atom. The van der Waals surface area contributed by atoms with Crippen LogP contribution in [-0.4, -0.2) is 12.5 Å². The smallest absolute Gasteiger partial charge is 0.262 e. The number of hydrogen-bond acceptors (Lipinski definition) is 2. The molecule has 1 N–H and O–H groups in total. The van der Waals surface area contributed by atoms with E-state index in [1.807, 2.05) is 49.4 Å². The van der Waals surface area contributed by atoms with Crippen LogP contribution in [0.3, 0.4) is 0 Å². The van der Waals surface area contributed by atoms with Crippen LogP contribution in [0.25, 0.3) is 0 Å². The number of benzene rings is 2. The van der Waals surface area contributed by atoms with Crippen LogP contribution >= 0.6 is 15.9 Å². The van der Waals surface area contributed by atoms with Crippen molar-refractivity contribution in [2.75, 3.05) is 11.9 Å². The first-order valence-corrected chi connectivity index (χ1v) is 8.35. The van der Waals surface area contributed by atoms with Gasteiger partial charge >= 0.3 is 0 Å². The molecular weight excluding hydrogens is 354 g/mol. The van der Waals surface area contributed by atoms with Crippen molar-refractivity contribution in [3.05, 3.63) is 58.1 Å². The highest BCUT2D eigenvalue weighted by Gasteiger charge is 2.18. The lowest BCUT2D eigenvalue weighted by Gasteiger charge is -2.22. The molecule has 2 aromatic carbocycles. The van der Waals surface area contributed by atoms with E-state index in [2.05, 4.69) is 42.0 Å². The van der Waals surface area contributed by atoms with Crippen LogP contribution in [0.2, 0.25) is 0 Å². The van der Waals surface area contributed by atoms with Gasteiger partial charge in [0.25, 0.3) is 5.91 Å². The molecule has 2 rings (SSSR count). The molecule has 0 unspecified atom stereocenters. The minimum Gasteiger partial charge on any atom is -0.483 e. The summed E-state index contributed by atoms with van der Waals surface area (Å²) in [6.45, 7) is 8.34. The number of hydrogen-bond donors (Lipinski definition) is 1. The zero-order valence-electron chi connectivity index (χ0n) is 13.9. The van der Waals surface area contributed by atoms with Crippen LogP contribution in [0.15, 0.2) is 46.9 Å². The predicted octanol–water partition coefficient (Wildman–Crippen LogP) is 5.07. The van der Waals surface area contributed by atoms with Crippen molar-refractivity contribution in [2.45, 2.75) is 33.1 Å². The quantitative estimate of drug-likeness (QED) is 0.809. The number of carbonyl (C=O) groups excluding carboxylic acids is 1. The molecule has 0 aliphatic rings. The van der Waals surface area contributed by atoms with Crippen molar-refractivity contribution in [3.63, 3.8) is 0 Å². The van der Waals surface area contributed by atoms with Crippen LogP contribution in [0.4, 0.5) is 5.69 Å². The van der Waals surface area contributed by atoms with E-state index < -0.39 is 0 Å². The third-order valence-corrected chi connectivity index (χ3v) is 4.39. The van der Waals surface area contributed by atoms with E-state index in [-0.39, 0.29) is 17.9 Å². The predicted molar refractivity (Wildman–Crippen MR) is 98.1 cm³/mol. The number of rotatable bonds is 4. The lowest BCUT2D eigenvalue weighted by atomic mass is 9.86. The first-order chi connectivity index (χ1) is 10.8. The molecule has 0 heterocycles. The number of aryl methyl sites for hydroxylation is 1. The average molecular weight is 376 g/mol. The Kier molecular flexibility index (Phi) is 5.47. The Bertz CT molecular complexity index is 705. The second-order valence-corrected chi connectivity index (χ2v) is 7.40. The summed E-state index contributed by atoms with van der Waals surface area (Å²) in [5.74, 6) is 0.581. The fourth-order valence-electron chi connectivity index (χ4n) is 2.27. The molecule has 2 aromatic rings. The molecule has 0 aliphatic heterocycles. The Hall–Kier alpha value is -1.81. The molecule has 3 nitrogen and oxygen atoms in total. The van der Waals surface area contributed by atoms with Crippen LogP contribution in [0.1, 0.15) is 31.9 Å². The summed E-state index contributed by atoms with van der Waals surface area (Å²) in [6.07, 6.45) is 0. The lowest BCUT2D eigenvalue weighted by molar-refractivity contribution is -0.118. The second-order valence-electron chi connectivity index (χ2n) is 6.55. The van der Waals surface area contributed by atoms with Gasteiger partial charge < -0.3 is 10.1 Å². The molecule has 4 heteroatoms. The molecule has 0 bridgehead atoms. The van der Waals surface area contributed by atoms with Gasteiger partial charge in [-0.2, -0.15) is 0 Å². The number of nitrogens with one attached hydrogen (secondary N) is 1. The SMILES string of the molecule is Cc1cc(NC(=O)COc2ccccc2C(C)(C)C)ccc1Br. The molecule has 0 saturated carbocycles. The van der Waals surface area contributed by atoms with Crippen LogP contribution in [0.5, 0.6) is 5.75 Å². The fraction of sp³-hybridized carbons (Fsp3) is 0.316. The Labute approximate surface area is 146 Å². The van der Waals surface area contributed by atoms with Gasteiger partial charge in [0, 0.05) is 10.2 Å². The van der Waals surface area contributed by atoms with Gasteiger partial charge in [-0.05, 0) is 47.7 Å². The number of ether oxygens (including phenoxy) is 1. The molecular formula is C19H22BrNO2. The van der Waals surface area contributed by atoms with Gasteiger partial charge in [-0.15, -0.1) is 0 Å². The van der Waals surface area contributed by atoms with E-state index in [1.54, 1.807) is 0 Å². The maximum absolute atomic E-state index is 12.1. The molecule has 0 fully saturated rings. The van der Waals surface area contributed by atoms with Crippen LogP contribution < -0.4 is 10.1 Å². The minimum absolute atomic E-state index is 0.0117. The zero-order chi connectivity index (χ0) is 17.0. The van der Waals surface area contributed by atoms with E-state index in [0.717, 1.165) is 27.0 Å². The molecule has 0 radical (unpaired) electrons. The topological polar surface area (TPSA) is 38.3 Å². The van der Waals surface area contributed by atoms with Gasteiger partial charge in [0.15, 0.2) is 6.61 Å².